The van der Waals surface area contributed by atoms with Gasteiger partial charge >= 0.3 is 0 Å². The molecule has 1 aromatic carbocycles. The average Bonchev–Trinajstić information content (AvgIpc) is 2.47. The number of β-amino-alcohol motifs (C(OH)–C–C–N with tert-alkyl or cyclic N) is 1. The quantitative estimate of drug-likeness (QED) is 0.525. The number of benzene rings is 1. The van der Waals surface area contributed by atoms with Crippen LogP contribution >= 0.6 is 15.9 Å². The molecule has 3 N–H and O–H groups in total. The molecule has 1 aromatic rings. The molecule has 0 heterocycles. The summed E-state index contributed by atoms with van der Waals surface area (Å²) in [4.78, 5) is 0. The van der Waals surface area contributed by atoms with Crippen molar-refractivity contribution in [3.8, 4) is 5.75 Å². The van der Waals surface area contributed by atoms with Gasteiger partial charge in [0.15, 0.2) is 17.4 Å². The van der Waals surface area contributed by atoms with Gasteiger partial charge in [-0.1, -0.05) is 15.9 Å². The third kappa shape index (κ3) is 7.54. The average molecular weight is 398 g/mol. The van der Waals surface area contributed by atoms with Crippen LogP contribution in [-0.2, 0) is 4.74 Å². The summed E-state index contributed by atoms with van der Waals surface area (Å²) >= 11 is 2.98. The van der Waals surface area contributed by atoms with Crippen molar-refractivity contribution in [3.63, 3.8) is 0 Å². The first kappa shape index (κ1) is 20.2. The minimum Gasteiger partial charge on any atom is -0.485 e. The molecule has 0 saturated carbocycles. The van der Waals surface area contributed by atoms with Gasteiger partial charge in [-0.15, -0.1) is 0 Å². The van der Waals surface area contributed by atoms with Crippen LogP contribution in [0.5, 0.6) is 5.75 Å². The van der Waals surface area contributed by atoms with E-state index in [9.17, 15) is 13.9 Å². The van der Waals surface area contributed by atoms with Gasteiger partial charge in [-0.2, -0.15) is 0 Å². The highest BCUT2D eigenvalue weighted by atomic mass is 79.9. The smallest absolute Gasteiger partial charge is 0.190 e. The highest BCUT2D eigenvalue weighted by Crippen LogP contribution is 2.25. The van der Waals surface area contributed by atoms with E-state index >= 15 is 0 Å². The lowest BCUT2D eigenvalue weighted by Gasteiger charge is -2.25. The third-order valence-electron chi connectivity index (χ3n) is 2.96. The second-order valence-corrected chi connectivity index (χ2v) is 6.61. The summed E-state index contributed by atoms with van der Waals surface area (Å²) in [5.74, 6) is -2.05. The normalized spacial score (nSPS) is 13.2. The van der Waals surface area contributed by atoms with Gasteiger partial charge in [-0.3, -0.25) is 0 Å². The molecule has 5 nitrogen and oxygen atoms in total. The molecule has 0 bridgehead atoms. The maximum absolute atomic E-state index is 13.5. The highest BCUT2D eigenvalue weighted by Gasteiger charge is 2.17. The summed E-state index contributed by atoms with van der Waals surface area (Å²) < 4.78 is 37.5. The molecule has 0 fully saturated rings. The lowest BCUT2D eigenvalue weighted by molar-refractivity contribution is 0.0197. The van der Waals surface area contributed by atoms with Crippen LogP contribution in [0, 0.1) is 11.6 Å². The van der Waals surface area contributed by atoms with Crippen molar-refractivity contribution in [2.24, 2.45) is 0 Å². The van der Waals surface area contributed by atoms with Gasteiger partial charge in [0.2, 0.25) is 0 Å². The van der Waals surface area contributed by atoms with Crippen LogP contribution < -0.4 is 10.1 Å². The van der Waals surface area contributed by atoms with E-state index in [2.05, 4.69) is 21.2 Å². The Morgan fingerprint density at radius 3 is 2.43 bits per heavy atom. The Bertz CT molecular complexity index is 479. The Morgan fingerprint density at radius 1 is 1.26 bits per heavy atom. The molecule has 0 aliphatic carbocycles. The van der Waals surface area contributed by atoms with Gasteiger partial charge < -0.3 is 25.0 Å². The monoisotopic (exact) mass is 397 g/mol. The van der Waals surface area contributed by atoms with Crippen molar-refractivity contribution < 1.29 is 28.5 Å². The Balaban J connectivity index is 2.23. The van der Waals surface area contributed by atoms with E-state index in [0.29, 0.717) is 0 Å². The van der Waals surface area contributed by atoms with E-state index in [1.54, 1.807) is 13.8 Å². The zero-order valence-corrected chi connectivity index (χ0v) is 14.7. The number of rotatable bonds is 10. The number of nitrogens with one attached hydrogen (secondary N) is 1. The molecule has 0 saturated heterocycles. The lowest BCUT2D eigenvalue weighted by Crippen LogP contribution is -2.47. The zero-order chi connectivity index (χ0) is 17.5. The molecule has 0 amide bonds. The van der Waals surface area contributed by atoms with E-state index < -0.39 is 29.0 Å². The van der Waals surface area contributed by atoms with Crippen LogP contribution in [0.4, 0.5) is 8.78 Å². The highest BCUT2D eigenvalue weighted by molar-refractivity contribution is 9.10. The van der Waals surface area contributed by atoms with Gasteiger partial charge in [0.1, 0.15) is 6.61 Å². The molecule has 8 heteroatoms. The van der Waals surface area contributed by atoms with Crippen LogP contribution in [0.25, 0.3) is 0 Å². The second-order valence-electron chi connectivity index (χ2n) is 5.70. The second kappa shape index (κ2) is 9.48. The van der Waals surface area contributed by atoms with E-state index in [1.807, 2.05) is 0 Å². The van der Waals surface area contributed by atoms with Crippen LogP contribution in [0.3, 0.4) is 0 Å². The topological polar surface area (TPSA) is 71.0 Å². The van der Waals surface area contributed by atoms with Crippen molar-refractivity contribution in [2.75, 3.05) is 33.0 Å². The molecule has 1 unspecified atom stereocenters. The molecule has 23 heavy (non-hydrogen) atoms. The van der Waals surface area contributed by atoms with Gasteiger partial charge in [-0.25, -0.2) is 8.78 Å². The van der Waals surface area contributed by atoms with E-state index in [-0.39, 0.29) is 37.4 Å². The number of ether oxygens (including phenoxy) is 2. The molecule has 0 aliphatic rings. The maximum Gasteiger partial charge on any atom is 0.190 e. The van der Waals surface area contributed by atoms with Crippen LogP contribution in [-0.4, -0.2) is 54.8 Å². The predicted octanol–water partition coefficient (Wildman–Crippen LogP) is 1.84. The van der Waals surface area contributed by atoms with E-state index in [4.69, 9.17) is 14.6 Å². The SMILES string of the molecule is CC(C)(CO)NCC(O)COCCOc1c(F)cc(Br)cc1F. The molecular weight excluding hydrogens is 376 g/mol. The molecule has 0 radical (unpaired) electrons. The van der Waals surface area contributed by atoms with Gasteiger partial charge in [0, 0.05) is 16.6 Å². The Hall–Kier alpha value is -0.800. The van der Waals surface area contributed by atoms with Crippen molar-refractivity contribution in [1.29, 1.82) is 0 Å². The molecule has 0 spiro atoms. The van der Waals surface area contributed by atoms with Crippen LogP contribution in [0.2, 0.25) is 0 Å². The summed E-state index contributed by atoms with van der Waals surface area (Å²) in [7, 11) is 0. The number of hydrogen-bond donors (Lipinski definition) is 3. The number of halogens is 3. The van der Waals surface area contributed by atoms with Crippen LogP contribution in [0.1, 0.15) is 13.8 Å². The fraction of sp³-hybridized carbons (Fsp3) is 0.600. The lowest BCUT2D eigenvalue weighted by atomic mass is 10.1. The fourth-order valence-corrected chi connectivity index (χ4v) is 2.00. The van der Waals surface area contributed by atoms with E-state index in [0.717, 1.165) is 12.1 Å². The first-order valence-corrected chi connectivity index (χ1v) is 7.93. The standard InChI is InChI=1S/C15H22BrF2NO4/c1-15(2,9-20)19-7-11(21)8-22-3-4-23-14-12(17)5-10(16)6-13(14)18/h5-6,11,19-21H,3-4,7-9H2,1-2H3. The zero-order valence-electron chi connectivity index (χ0n) is 13.1. The largest absolute Gasteiger partial charge is 0.485 e. The number of aliphatic hydroxyl groups excluding tert-OH is 2. The van der Waals surface area contributed by atoms with Crippen molar-refractivity contribution in [1.82, 2.24) is 5.32 Å². The maximum atomic E-state index is 13.5. The number of aliphatic hydroxyl groups is 2. The molecule has 132 valence electrons. The molecule has 1 atom stereocenters. The fourth-order valence-electron chi connectivity index (χ4n) is 1.60. The number of hydrogen-bond acceptors (Lipinski definition) is 5. The Kier molecular flexibility index (Phi) is 8.35. The molecule has 0 aromatic heterocycles. The minimum absolute atomic E-state index is 0.0439. The summed E-state index contributed by atoms with van der Waals surface area (Å²) in [6.07, 6.45) is -0.762. The molecular formula is C15H22BrF2NO4. The summed E-state index contributed by atoms with van der Waals surface area (Å²) in [5, 5.41) is 21.8. The van der Waals surface area contributed by atoms with Crippen LogP contribution in [0.15, 0.2) is 16.6 Å². The van der Waals surface area contributed by atoms with Crippen molar-refractivity contribution in [3.05, 3.63) is 28.2 Å². The summed E-state index contributed by atoms with van der Waals surface area (Å²) in [6.45, 7) is 3.88. The van der Waals surface area contributed by atoms with E-state index in [1.165, 1.54) is 0 Å². The van der Waals surface area contributed by atoms with Gasteiger partial charge in [0.05, 0.1) is 25.9 Å². The Labute approximate surface area is 142 Å². The third-order valence-corrected chi connectivity index (χ3v) is 3.42. The molecule has 0 aliphatic heterocycles. The first-order chi connectivity index (χ1) is 10.7. The summed E-state index contributed by atoms with van der Waals surface area (Å²) in [6, 6.07) is 2.22. The minimum atomic E-state index is -0.799. The predicted molar refractivity (Wildman–Crippen MR) is 85.5 cm³/mol. The van der Waals surface area contributed by atoms with Gasteiger partial charge in [0.25, 0.3) is 0 Å². The van der Waals surface area contributed by atoms with Crippen molar-refractivity contribution >= 4 is 15.9 Å². The van der Waals surface area contributed by atoms with Crippen molar-refractivity contribution in [2.45, 2.75) is 25.5 Å². The summed E-state index contributed by atoms with van der Waals surface area (Å²) in [5.41, 5.74) is -0.485. The molecule has 1 rings (SSSR count). The Morgan fingerprint density at radius 2 is 1.87 bits per heavy atom. The first-order valence-electron chi connectivity index (χ1n) is 7.14. The van der Waals surface area contributed by atoms with Gasteiger partial charge in [-0.05, 0) is 26.0 Å².